The molecule has 1 aliphatic rings. The van der Waals surface area contributed by atoms with Gasteiger partial charge in [0.2, 0.25) is 0 Å². The van der Waals surface area contributed by atoms with E-state index in [1.165, 1.54) is 29.8 Å². The van der Waals surface area contributed by atoms with Crippen molar-refractivity contribution in [3.05, 3.63) is 64.2 Å². The molecule has 0 aromatic heterocycles. The van der Waals surface area contributed by atoms with E-state index in [4.69, 9.17) is 4.74 Å². The van der Waals surface area contributed by atoms with Gasteiger partial charge in [-0.1, -0.05) is 18.2 Å². The molecule has 124 valence electrons. The Labute approximate surface area is 139 Å². The molecule has 6 heteroatoms. The summed E-state index contributed by atoms with van der Waals surface area (Å²) >= 11 is 0. The quantitative estimate of drug-likeness (QED) is 0.638. The van der Waals surface area contributed by atoms with Gasteiger partial charge >= 0.3 is 0 Å². The normalized spacial score (nSPS) is 14.6. The zero-order valence-corrected chi connectivity index (χ0v) is 13.3. The van der Waals surface area contributed by atoms with Crippen LogP contribution in [0.5, 0.6) is 5.75 Å². The fourth-order valence-corrected chi connectivity index (χ4v) is 2.88. The molecule has 0 radical (unpaired) electrons. The first-order chi connectivity index (χ1) is 11.6. The van der Waals surface area contributed by atoms with Crippen molar-refractivity contribution in [2.24, 2.45) is 0 Å². The Morgan fingerprint density at radius 1 is 1.21 bits per heavy atom. The van der Waals surface area contributed by atoms with Crippen molar-refractivity contribution >= 4 is 17.3 Å². The Morgan fingerprint density at radius 3 is 2.62 bits per heavy atom. The Kier molecular flexibility index (Phi) is 4.46. The Balaban J connectivity index is 1.72. The number of non-ortho nitro benzene ring substituents is 1. The second-order valence-corrected chi connectivity index (χ2v) is 5.73. The minimum atomic E-state index is -0.669. The van der Waals surface area contributed by atoms with Crippen molar-refractivity contribution in [1.82, 2.24) is 0 Å². The molecule has 1 amide bonds. The number of anilines is 1. The van der Waals surface area contributed by atoms with E-state index in [2.05, 4.69) is 0 Å². The van der Waals surface area contributed by atoms with Crippen LogP contribution in [0.25, 0.3) is 0 Å². The van der Waals surface area contributed by atoms with Crippen molar-refractivity contribution in [3.63, 3.8) is 0 Å². The van der Waals surface area contributed by atoms with E-state index in [0.717, 1.165) is 18.5 Å². The van der Waals surface area contributed by atoms with E-state index >= 15 is 0 Å². The molecule has 0 fully saturated rings. The number of ether oxygens (including phenoxy) is 1. The van der Waals surface area contributed by atoms with Gasteiger partial charge in [0, 0.05) is 24.4 Å². The van der Waals surface area contributed by atoms with E-state index in [1.54, 1.807) is 11.8 Å². The maximum atomic E-state index is 12.7. The number of carbonyl (C=O) groups excluding carboxylic acids is 1. The molecule has 0 aliphatic carbocycles. The number of aryl methyl sites for hydroxylation is 1. The average Bonchev–Trinajstić information content (AvgIpc) is 2.61. The van der Waals surface area contributed by atoms with Crippen LogP contribution in [0.15, 0.2) is 48.5 Å². The van der Waals surface area contributed by atoms with Crippen LogP contribution in [-0.2, 0) is 11.2 Å². The number of nitro benzene ring substituents is 1. The van der Waals surface area contributed by atoms with Crippen LogP contribution in [0.2, 0.25) is 0 Å². The summed E-state index contributed by atoms with van der Waals surface area (Å²) in [5.74, 6) is 0.326. The van der Waals surface area contributed by atoms with Crippen LogP contribution in [0.3, 0.4) is 0 Å². The number of para-hydroxylation sites is 1. The van der Waals surface area contributed by atoms with Crippen LogP contribution in [0.1, 0.15) is 18.9 Å². The smallest absolute Gasteiger partial charge is 0.269 e. The summed E-state index contributed by atoms with van der Waals surface area (Å²) in [7, 11) is 0. The fourth-order valence-electron chi connectivity index (χ4n) is 2.88. The predicted octanol–water partition coefficient (Wildman–Crippen LogP) is 3.34. The van der Waals surface area contributed by atoms with Gasteiger partial charge in [-0.25, -0.2) is 0 Å². The van der Waals surface area contributed by atoms with Gasteiger partial charge < -0.3 is 9.64 Å². The maximum absolute atomic E-state index is 12.7. The largest absolute Gasteiger partial charge is 0.481 e. The lowest BCUT2D eigenvalue weighted by Gasteiger charge is -2.31. The summed E-state index contributed by atoms with van der Waals surface area (Å²) in [5, 5.41) is 10.7. The molecule has 2 aromatic carbocycles. The van der Waals surface area contributed by atoms with Gasteiger partial charge in [0.15, 0.2) is 6.10 Å². The van der Waals surface area contributed by atoms with E-state index in [1.807, 2.05) is 24.3 Å². The first-order valence-corrected chi connectivity index (χ1v) is 7.86. The lowest BCUT2D eigenvalue weighted by atomic mass is 10.0. The standard InChI is InChI=1S/C18H18N2O4/c1-13(24-16-10-8-15(9-11-16)20(22)23)18(21)19-12-4-6-14-5-2-3-7-17(14)19/h2-3,5,7-11,13H,4,6,12H2,1H3. The highest BCUT2D eigenvalue weighted by Gasteiger charge is 2.27. The molecular weight excluding hydrogens is 308 g/mol. The summed E-state index contributed by atoms with van der Waals surface area (Å²) in [6.45, 7) is 2.37. The van der Waals surface area contributed by atoms with E-state index in [-0.39, 0.29) is 11.6 Å². The summed E-state index contributed by atoms with van der Waals surface area (Å²) in [4.78, 5) is 24.7. The predicted molar refractivity (Wildman–Crippen MR) is 90.3 cm³/mol. The first-order valence-electron chi connectivity index (χ1n) is 7.86. The number of nitro groups is 1. The first kappa shape index (κ1) is 16.0. The molecule has 3 rings (SSSR count). The molecule has 2 aromatic rings. The van der Waals surface area contributed by atoms with Crippen molar-refractivity contribution < 1.29 is 14.5 Å². The minimum absolute atomic E-state index is 0.00807. The third-order valence-electron chi connectivity index (χ3n) is 4.08. The Bertz CT molecular complexity index is 758. The van der Waals surface area contributed by atoms with Gasteiger partial charge in [-0.2, -0.15) is 0 Å². The number of carbonyl (C=O) groups is 1. The Morgan fingerprint density at radius 2 is 1.92 bits per heavy atom. The molecule has 1 heterocycles. The number of benzene rings is 2. The van der Waals surface area contributed by atoms with Crippen molar-refractivity contribution in [2.75, 3.05) is 11.4 Å². The van der Waals surface area contributed by atoms with E-state index in [9.17, 15) is 14.9 Å². The summed E-state index contributed by atoms with van der Waals surface area (Å²) in [6.07, 6.45) is 1.22. The average molecular weight is 326 g/mol. The molecule has 1 aliphatic heterocycles. The zero-order chi connectivity index (χ0) is 17.1. The SMILES string of the molecule is CC(Oc1ccc([N+](=O)[O-])cc1)C(=O)N1CCCc2ccccc21. The van der Waals surface area contributed by atoms with Crippen molar-refractivity contribution in [2.45, 2.75) is 25.9 Å². The van der Waals surface area contributed by atoms with Gasteiger partial charge in [-0.3, -0.25) is 14.9 Å². The number of rotatable bonds is 4. The number of hydrogen-bond donors (Lipinski definition) is 0. The second kappa shape index (κ2) is 6.70. The van der Waals surface area contributed by atoms with Gasteiger partial charge in [0.05, 0.1) is 4.92 Å². The number of hydrogen-bond acceptors (Lipinski definition) is 4. The van der Waals surface area contributed by atoms with Crippen LogP contribution >= 0.6 is 0 Å². The second-order valence-electron chi connectivity index (χ2n) is 5.73. The number of nitrogens with zero attached hydrogens (tertiary/aromatic N) is 2. The monoisotopic (exact) mass is 326 g/mol. The summed E-state index contributed by atoms with van der Waals surface area (Å²) in [5.41, 5.74) is 2.10. The maximum Gasteiger partial charge on any atom is 0.269 e. The lowest BCUT2D eigenvalue weighted by Crippen LogP contribution is -2.43. The van der Waals surface area contributed by atoms with Crippen LogP contribution < -0.4 is 9.64 Å². The third kappa shape index (κ3) is 3.22. The molecule has 0 spiro atoms. The topological polar surface area (TPSA) is 72.7 Å². The third-order valence-corrected chi connectivity index (χ3v) is 4.08. The highest BCUT2D eigenvalue weighted by atomic mass is 16.6. The molecule has 1 atom stereocenters. The van der Waals surface area contributed by atoms with Gasteiger partial charge in [-0.15, -0.1) is 0 Å². The Hall–Kier alpha value is -2.89. The molecule has 6 nitrogen and oxygen atoms in total. The van der Waals surface area contributed by atoms with Crippen LogP contribution in [-0.4, -0.2) is 23.5 Å². The summed E-state index contributed by atoms with van der Waals surface area (Å²) < 4.78 is 5.67. The number of amides is 1. The zero-order valence-electron chi connectivity index (χ0n) is 13.3. The van der Waals surface area contributed by atoms with Gasteiger partial charge in [0.25, 0.3) is 11.6 Å². The number of fused-ring (bicyclic) bond motifs is 1. The van der Waals surface area contributed by atoms with Crippen molar-refractivity contribution in [3.8, 4) is 5.75 Å². The van der Waals surface area contributed by atoms with Gasteiger partial charge in [-0.05, 0) is 43.5 Å². The van der Waals surface area contributed by atoms with E-state index in [0.29, 0.717) is 12.3 Å². The highest BCUT2D eigenvalue weighted by molar-refractivity contribution is 5.97. The molecule has 0 bridgehead atoms. The van der Waals surface area contributed by atoms with E-state index < -0.39 is 11.0 Å². The summed E-state index contributed by atoms with van der Waals surface area (Å²) in [6, 6.07) is 13.6. The van der Waals surface area contributed by atoms with Crippen LogP contribution in [0.4, 0.5) is 11.4 Å². The molecule has 1 unspecified atom stereocenters. The van der Waals surface area contributed by atoms with Gasteiger partial charge in [0.1, 0.15) is 5.75 Å². The van der Waals surface area contributed by atoms with Crippen molar-refractivity contribution in [1.29, 1.82) is 0 Å². The lowest BCUT2D eigenvalue weighted by molar-refractivity contribution is -0.384. The van der Waals surface area contributed by atoms with Crippen LogP contribution in [0, 0.1) is 10.1 Å². The minimum Gasteiger partial charge on any atom is -0.481 e. The fraction of sp³-hybridized carbons (Fsp3) is 0.278. The molecule has 0 saturated heterocycles. The highest BCUT2D eigenvalue weighted by Crippen LogP contribution is 2.28. The molecule has 24 heavy (non-hydrogen) atoms. The molecular formula is C18H18N2O4. The molecule has 0 saturated carbocycles. The molecule has 0 N–H and O–H groups in total.